The van der Waals surface area contributed by atoms with Gasteiger partial charge in [-0.25, -0.2) is 8.42 Å². The second kappa shape index (κ2) is 9.33. The molecule has 1 N–H and O–H groups in total. The first-order valence-corrected chi connectivity index (χ1v) is 12.9. The van der Waals surface area contributed by atoms with Gasteiger partial charge in [0.25, 0.3) is 15.9 Å². The van der Waals surface area contributed by atoms with Crippen LogP contribution in [0, 0.1) is 0 Å². The van der Waals surface area contributed by atoms with Gasteiger partial charge in [-0.1, -0.05) is 41.9 Å². The number of fused-ring (bicyclic) bond motifs is 3. The number of hydrogen-bond acceptors (Lipinski definition) is 5. The highest BCUT2D eigenvalue weighted by atomic mass is 35.5. The molecule has 0 unspecified atom stereocenters. The van der Waals surface area contributed by atoms with Gasteiger partial charge in [-0.3, -0.25) is 13.9 Å². The van der Waals surface area contributed by atoms with Crippen molar-refractivity contribution in [1.29, 1.82) is 0 Å². The summed E-state index contributed by atoms with van der Waals surface area (Å²) in [6, 6.07) is 18.2. The SMILES string of the molecule is O=C(CN1c2ccc(Cl)cc2-c2ccccc2S1(=O)=O)Nc1ccccc1C(=O)N1CCOCC1. The summed E-state index contributed by atoms with van der Waals surface area (Å²) >= 11 is 6.20. The number of ether oxygens (including phenoxy) is 1. The van der Waals surface area contributed by atoms with Crippen molar-refractivity contribution in [3.05, 3.63) is 77.3 Å². The van der Waals surface area contributed by atoms with Crippen LogP contribution < -0.4 is 9.62 Å². The Morgan fingerprint density at radius 2 is 1.66 bits per heavy atom. The van der Waals surface area contributed by atoms with Gasteiger partial charge in [-0.2, -0.15) is 0 Å². The molecule has 180 valence electrons. The molecule has 0 bridgehead atoms. The zero-order valence-electron chi connectivity index (χ0n) is 18.6. The van der Waals surface area contributed by atoms with Crippen LogP contribution in [0.25, 0.3) is 11.1 Å². The molecule has 0 radical (unpaired) electrons. The lowest BCUT2D eigenvalue weighted by Crippen LogP contribution is -2.42. The van der Waals surface area contributed by atoms with Crippen molar-refractivity contribution in [2.45, 2.75) is 4.90 Å². The van der Waals surface area contributed by atoms with Crippen LogP contribution in [0.3, 0.4) is 0 Å². The smallest absolute Gasteiger partial charge is 0.265 e. The maximum atomic E-state index is 13.5. The van der Waals surface area contributed by atoms with Gasteiger partial charge in [0.1, 0.15) is 6.54 Å². The number of anilines is 2. The largest absolute Gasteiger partial charge is 0.378 e. The van der Waals surface area contributed by atoms with E-state index in [-0.39, 0.29) is 10.8 Å². The van der Waals surface area contributed by atoms with Gasteiger partial charge in [-0.05, 0) is 36.4 Å². The molecule has 0 aromatic heterocycles. The lowest BCUT2D eigenvalue weighted by Gasteiger charge is -2.32. The third-order valence-electron chi connectivity index (χ3n) is 5.99. The lowest BCUT2D eigenvalue weighted by atomic mass is 10.0. The van der Waals surface area contributed by atoms with Crippen LogP contribution >= 0.6 is 11.6 Å². The van der Waals surface area contributed by atoms with Crippen LogP contribution in [0.4, 0.5) is 11.4 Å². The fourth-order valence-electron chi connectivity index (χ4n) is 4.31. The number of hydrogen-bond donors (Lipinski definition) is 1. The Bertz CT molecular complexity index is 1420. The Morgan fingerprint density at radius 3 is 2.46 bits per heavy atom. The van der Waals surface area contributed by atoms with Gasteiger partial charge in [-0.15, -0.1) is 0 Å². The zero-order chi connectivity index (χ0) is 24.6. The summed E-state index contributed by atoms with van der Waals surface area (Å²) < 4.78 is 33.3. The molecule has 2 amide bonds. The van der Waals surface area contributed by atoms with Gasteiger partial charge in [0.2, 0.25) is 5.91 Å². The van der Waals surface area contributed by atoms with Crippen LogP contribution in [0.1, 0.15) is 10.4 Å². The molecule has 1 fully saturated rings. The number of nitrogens with one attached hydrogen (secondary N) is 1. The molecule has 5 rings (SSSR count). The average molecular weight is 512 g/mol. The summed E-state index contributed by atoms with van der Waals surface area (Å²) in [7, 11) is -4.00. The van der Waals surface area contributed by atoms with Crippen molar-refractivity contribution in [2.75, 3.05) is 42.5 Å². The van der Waals surface area contributed by atoms with Gasteiger partial charge in [0.05, 0.1) is 35.0 Å². The molecule has 2 aliphatic heterocycles. The number of sulfonamides is 1. The molecule has 0 saturated carbocycles. The minimum absolute atomic E-state index is 0.102. The Morgan fingerprint density at radius 1 is 0.943 bits per heavy atom. The fourth-order valence-corrected chi connectivity index (χ4v) is 6.13. The third-order valence-corrected chi connectivity index (χ3v) is 8.04. The Kier molecular flexibility index (Phi) is 6.22. The summed E-state index contributed by atoms with van der Waals surface area (Å²) in [6.45, 7) is 1.37. The van der Waals surface area contributed by atoms with Gasteiger partial charge < -0.3 is 15.0 Å². The molecule has 2 aliphatic rings. The van der Waals surface area contributed by atoms with Crippen molar-refractivity contribution >= 4 is 44.8 Å². The maximum absolute atomic E-state index is 13.5. The molecule has 8 nitrogen and oxygen atoms in total. The summed E-state index contributed by atoms with van der Waals surface area (Å²) in [5.74, 6) is -0.792. The van der Waals surface area contributed by atoms with Crippen molar-refractivity contribution in [2.24, 2.45) is 0 Å². The molecule has 0 spiro atoms. The summed E-state index contributed by atoms with van der Waals surface area (Å²) in [5.41, 5.74) is 2.17. The maximum Gasteiger partial charge on any atom is 0.265 e. The van der Waals surface area contributed by atoms with Gasteiger partial charge in [0.15, 0.2) is 0 Å². The van der Waals surface area contributed by atoms with E-state index in [1.165, 1.54) is 6.07 Å². The third kappa shape index (κ3) is 4.38. The lowest BCUT2D eigenvalue weighted by molar-refractivity contribution is -0.114. The zero-order valence-corrected chi connectivity index (χ0v) is 20.2. The summed E-state index contributed by atoms with van der Waals surface area (Å²) in [4.78, 5) is 27.9. The number of morpholine rings is 1. The number of rotatable bonds is 4. The molecular weight excluding hydrogens is 490 g/mol. The number of amides is 2. The average Bonchev–Trinajstić information content (AvgIpc) is 2.87. The first-order chi connectivity index (χ1) is 16.9. The fraction of sp³-hybridized carbons (Fsp3) is 0.200. The van der Waals surface area contributed by atoms with Crippen molar-refractivity contribution in [3.63, 3.8) is 0 Å². The van der Waals surface area contributed by atoms with Gasteiger partial charge in [0, 0.05) is 29.2 Å². The van der Waals surface area contributed by atoms with Crippen molar-refractivity contribution < 1.29 is 22.7 Å². The minimum atomic E-state index is -4.00. The molecule has 3 aromatic rings. The molecule has 0 atom stereocenters. The number of carbonyl (C=O) groups excluding carboxylic acids is 2. The quantitative estimate of drug-likeness (QED) is 0.577. The van der Waals surface area contributed by atoms with Gasteiger partial charge >= 0.3 is 0 Å². The normalized spacial score (nSPS) is 16.3. The van der Waals surface area contributed by atoms with Crippen LogP contribution in [0.15, 0.2) is 71.6 Å². The molecule has 2 heterocycles. The van der Waals surface area contributed by atoms with E-state index < -0.39 is 22.5 Å². The van der Waals surface area contributed by atoms with Crippen LogP contribution in [-0.2, 0) is 19.6 Å². The first kappa shape index (κ1) is 23.3. The predicted molar refractivity (Wildman–Crippen MR) is 133 cm³/mol. The number of halogens is 1. The first-order valence-electron chi connectivity index (χ1n) is 11.0. The van der Waals surface area contributed by atoms with E-state index in [1.54, 1.807) is 65.6 Å². The van der Waals surface area contributed by atoms with E-state index in [0.717, 1.165) is 4.31 Å². The van der Waals surface area contributed by atoms with E-state index in [1.807, 2.05) is 0 Å². The number of carbonyl (C=O) groups is 2. The van der Waals surface area contributed by atoms with E-state index in [2.05, 4.69) is 5.32 Å². The van der Waals surface area contributed by atoms with E-state index >= 15 is 0 Å². The summed E-state index contributed by atoms with van der Waals surface area (Å²) in [5, 5.41) is 3.19. The Labute approximate surface area is 208 Å². The predicted octanol–water partition coefficient (Wildman–Crippen LogP) is 3.63. The van der Waals surface area contributed by atoms with E-state index in [9.17, 15) is 18.0 Å². The Balaban J connectivity index is 1.44. The molecule has 10 heteroatoms. The second-order valence-electron chi connectivity index (χ2n) is 8.17. The topological polar surface area (TPSA) is 96.0 Å². The second-order valence-corrected chi connectivity index (χ2v) is 10.4. The summed E-state index contributed by atoms with van der Waals surface area (Å²) in [6.07, 6.45) is 0. The number of nitrogens with zero attached hydrogens (tertiary/aromatic N) is 2. The Hall–Kier alpha value is -3.40. The number of benzene rings is 3. The van der Waals surface area contributed by atoms with Crippen molar-refractivity contribution in [1.82, 2.24) is 4.90 Å². The molecular formula is C25H22ClN3O5S. The van der Waals surface area contributed by atoms with Crippen LogP contribution in [0.2, 0.25) is 5.02 Å². The van der Waals surface area contributed by atoms with Crippen LogP contribution in [-0.4, -0.2) is 58.0 Å². The highest BCUT2D eigenvalue weighted by Gasteiger charge is 2.36. The minimum Gasteiger partial charge on any atom is -0.378 e. The van der Waals surface area contributed by atoms with E-state index in [4.69, 9.17) is 16.3 Å². The highest BCUT2D eigenvalue weighted by Crippen LogP contribution is 2.43. The molecule has 1 saturated heterocycles. The van der Waals surface area contributed by atoms with Crippen molar-refractivity contribution in [3.8, 4) is 11.1 Å². The number of para-hydroxylation sites is 1. The standard InChI is InChI=1S/C25H22ClN3O5S/c26-17-9-10-22-20(15-17)18-5-2-4-8-23(18)35(32,33)29(22)16-24(30)27-21-7-3-1-6-19(21)25(31)28-11-13-34-14-12-28/h1-10,15H,11-14,16H2,(H,27,30). The molecule has 0 aliphatic carbocycles. The highest BCUT2D eigenvalue weighted by molar-refractivity contribution is 7.93. The monoisotopic (exact) mass is 511 g/mol. The molecule has 35 heavy (non-hydrogen) atoms. The molecule has 3 aromatic carbocycles. The van der Waals surface area contributed by atoms with E-state index in [0.29, 0.717) is 59.4 Å². The van der Waals surface area contributed by atoms with Crippen LogP contribution in [0.5, 0.6) is 0 Å².